The van der Waals surface area contributed by atoms with Crippen LogP contribution in [-0.4, -0.2) is 49.0 Å². The van der Waals surface area contributed by atoms with Crippen LogP contribution >= 0.6 is 22.9 Å². The number of rotatable bonds is 7. The highest BCUT2D eigenvalue weighted by atomic mass is 35.5. The number of nitrogens with one attached hydrogen (secondary N) is 1. The molecule has 0 radical (unpaired) electrons. The fourth-order valence-corrected chi connectivity index (χ4v) is 5.57. The number of aliphatic hydroxyl groups is 1. The maximum Gasteiger partial charge on any atom is 0.263 e. The van der Waals surface area contributed by atoms with Gasteiger partial charge in [0, 0.05) is 30.7 Å². The highest BCUT2D eigenvalue weighted by Gasteiger charge is 2.35. The summed E-state index contributed by atoms with van der Waals surface area (Å²) in [5.41, 5.74) is -0.613. The highest BCUT2D eigenvalue weighted by molar-refractivity contribution is 7.93. The molecular weight excluding hydrogens is 505 g/mol. The van der Waals surface area contributed by atoms with Gasteiger partial charge in [-0.05, 0) is 42.7 Å². The van der Waals surface area contributed by atoms with Gasteiger partial charge in [-0.25, -0.2) is 17.8 Å². The molecule has 0 spiro atoms. The molecule has 1 aliphatic heterocycles. The molecule has 2 heterocycles. The van der Waals surface area contributed by atoms with Crippen molar-refractivity contribution in [1.82, 2.24) is 9.88 Å². The number of hydrogen-bond donors (Lipinski definition) is 2. The first kappa shape index (κ1) is 24.4. The van der Waals surface area contributed by atoms with Gasteiger partial charge >= 0.3 is 0 Å². The molecule has 180 valence electrons. The third kappa shape index (κ3) is 5.49. The molecule has 3 aromatic rings. The fourth-order valence-electron chi connectivity index (χ4n) is 3.61. The molecular formula is C22H21ClFN3O5S2. The number of sulfonamides is 1. The van der Waals surface area contributed by atoms with E-state index in [2.05, 4.69) is 9.71 Å². The van der Waals surface area contributed by atoms with Crippen LogP contribution in [0.2, 0.25) is 5.02 Å². The number of piperidine rings is 1. The Morgan fingerprint density at radius 2 is 1.94 bits per heavy atom. The maximum atomic E-state index is 13.2. The normalized spacial score (nSPS) is 15.7. The summed E-state index contributed by atoms with van der Waals surface area (Å²) in [6.45, 7) is 0.363. The Hall–Kier alpha value is -2.73. The summed E-state index contributed by atoms with van der Waals surface area (Å²) in [7, 11) is -3.78. The van der Waals surface area contributed by atoms with Crippen LogP contribution in [0.25, 0.3) is 0 Å². The van der Waals surface area contributed by atoms with Gasteiger partial charge in [0.15, 0.2) is 11.7 Å². The van der Waals surface area contributed by atoms with E-state index < -0.39 is 21.4 Å². The number of aromatic nitrogens is 1. The number of ether oxygens (including phenoxy) is 1. The van der Waals surface area contributed by atoms with Crippen LogP contribution in [0, 0.1) is 5.82 Å². The van der Waals surface area contributed by atoms with Crippen LogP contribution in [0.3, 0.4) is 0 Å². The molecule has 1 fully saturated rings. The van der Waals surface area contributed by atoms with Gasteiger partial charge in [0.05, 0.1) is 15.5 Å². The number of hydrogen-bond acceptors (Lipinski definition) is 7. The number of thiazole rings is 1. The van der Waals surface area contributed by atoms with Gasteiger partial charge < -0.3 is 14.7 Å². The molecule has 8 nitrogen and oxygen atoms in total. The topological polar surface area (TPSA) is 109 Å². The van der Waals surface area contributed by atoms with Gasteiger partial charge in [0.1, 0.15) is 11.6 Å². The molecule has 0 saturated carbocycles. The van der Waals surface area contributed by atoms with Gasteiger partial charge in [-0.3, -0.25) is 9.52 Å². The highest BCUT2D eigenvalue weighted by Crippen LogP contribution is 2.33. The third-order valence-corrected chi connectivity index (χ3v) is 8.01. The lowest BCUT2D eigenvalue weighted by atomic mass is 9.84. The maximum absolute atomic E-state index is 13.2. The zero-order chi connectivity index (χ0) is 24.3. The molecule has 1 aromatic heterocycles. The first-order valence-electron chi connectivity index (χ1n) is 10.3. The average Bonchev–Trinajstić information content (AvgIpc) is 3.32. The second kappa shape index (κ2) is 9.87. The lowest BCUT2D eigenvalue weighted by Gasteiger charge is -2.38. The molecule has 0 unspecified atom stereocenters. The first-order chi connectivity index (χ1) is 16.2. The molecule has 0 bridgehead atoms. The largest absolute Gasteiger partial charge is 0.484 e. The molecule has 2 aromatic carbocycles. The summed E-state index contributed by atoms with van der Waals surface area (Å²) in [6, 6.07) is 9.87. The van der Waals surface area contributed by atoms with E-state index in [1.165, 1.54) is 41.8 Å². The quantitative estimate of drug-likeness (QED) is 0.487. The summed E-state index contributed by atoms with van der Waals surface area (Å²) in [6.07, 6.45) is 2.07. The monoisotopic (exact) mass is 525 g/mol. The predicted molar refractivity (Wildman–Crippen MR) is 126 cm³/mol. The molecule has 1 saturated heterocycles. The molecule has 0 atom stereocenters. The number of likely N-dealkylation sites (tertiary alicyclic amines) is 1. The Kier molecular flexibility index (Phi) is 7.08. The van der Waals surface area contributed by atoms with Crippen molar-refractivity contribution >= 4 is 44.0 Å². The predicted octanol–water partition coefficient (Wildman–Crippen LogP) is 3.63. The molecule has 1 amide bonds. The number of carbonyl (C=O) groups is 1. The summed E-state index contributed by atoms with van der Waals surface area (Å²) in [5.74, 6) is -0.554. The molecule has 0 aliphatic carbocycles. The Balaban J connectivity index is 1.34. The SMILES string of the molecule is O=C(COc1ccc(F)c(Cl)c1)N1CCC(O)(c2ccc(S(=O)(=O)Nc3nccs3)cc2)CC1. The summed E-state index contributed by atoms with van der Waals surface area (Å²) < 4.78 is 46.0. The van der Waals surface area contributed by atoms with Gasteiger partial charge in [-0.2, -0.15) is 0 Å². The van der Waals surface area contributed by atoms with Crippen molar-refractivity contribution in [2.45, 2.75) is 23.3 Å². The molecule has 2 N–H and O–H groups in total. The number of nitrogens with zero attached hydrogens (tertiary/aromatic N) is 2. The molecule has 34 heavy (non-hydrogen) atoms. The van der Waals surface area contributed by atoms with Crippen LogP contribution in [0.1, 0.15) is 18.4 Å². The van der Waals surface area contributed by atoms with Crippen molar-refractivity contribution < 1.29 is 27.4 Å². The zero-order valence-corrected chi connectivity index (χ0v) is 20.2. The van der Waals surface area contributed by atoms with Gasteiger partial charge in [0.2, 0.25) is 0 Å². The van der Waals surface area contributed by atoms with Gasteiger partial charge in [-0.1, -0.05) is 23.7 Å². The number of amides is 1. The first-order valence-corrected chi connectivity index (χ1v) is 13.0. The van der Waals surface area contributed by atoms with E-state index in [1.54, 1.807) is 22.4 Å². The smallest absolute Gasteiger partial charge is 0.263 e. The van der Waals surface area contributed by atoms with Gasteiger partial charge in [0.25, 0.3) is 15.9 Å². The third-order valence-electron chi connectivity index (χ3n) is 5.55. The van der Waals surface area contributed by atoms with E-state index in [0.29, 0.717) is 18.7 Å². The lowest BCUT2D eigenvalue weighted by molar-refractivity contribution is -0.137. The second-order valence-corrected chi connectivity index (χ2v) is 10.7. The van der Waals surface area contributed by atoms with Crippen LogP contribution in [0.5, 0.6) is 5.75 Å². The van der Waals surface area contributed by atoms with Crippen LogP contribution < -0.4 is 9.46 Å². The average molecular weight is 526 g/mol. The van der Waals surface area contributed by atoms with E-state index in [0.717, 1.165) is 6.07 Å². The standard InChI is InChI=1S/C22H21ClFN3O5S2/c23-18-13-16(3-6-19(18)24)32-14-20(28)27-10-7-22(29,8-11-27)15-1-4-17(5-2-15)34(30,31)26-21-25-9-12-33-21/h1-6,9,12-13,29H,7-8,10-11,14H2,(H,25,26). The van der Waals surface area contributed by atoms with Crippen molar-refractivity contribution in [1.29, 1.82) is 0 Å². The van der Waals surface area contributed by atoms with Crippen molar-refractivity contribution in [3.8, 4) is 5.75 Å². The summed E-state index contributed by atoms with van der Waals surface area (Å²) in [4.78, 5) is 18.0. The van der Waals surface area contributed by atoms with E-state index >= 15 is 0 Å². The number of anilines is 1. The molecule has 12 heteroatoms. The minimum atomic E-state index is -3.78. The Morgan fingerprint density at radius 3 is 2.56 bits per heavy atom. The van der Waals surface area contributed by atoms with Gasteiger partial charge in [-0.15, -0.1) is 11.3 Å². The van der Waals surface area contributed by atoms with Crippen molar-refractivity contribution in [2.24, 2.45) is 0 Å². The van der Waals surface area contributed by atoms with E-state index in [4.69, 9.17) is 16.3 Å². The number of halogens is 2. The van der Waals surface area contributed by atoms with Crippen LogP contribution in [-0.2, 0) is 20.4 Å². The summed E-state index contributed by atoms with van der Waals surface area (Å²) >= 11 is 6.89. The minimum Gasteiger partial charge on any atom is -0.484 e. The Morgan fingerprint density at radius 1 is 1.24 bits per heavy atom. The van der Waals surface area contributed by atoms with E-state index in [9.17, 15) is 22.7 Å². The van der Waals surface area contributed by atoms with Crippen molar-refractivity contribution in [3.05, 3.63) is 70.4 Å². The Labute approximate surface area is 205 Å². The molecule has 1 aliphatic rings. The Bertz CT molecular complexity index is 1260. The van der Waals surface area contributed by atoms with Crippen molar-refractivity contribution in [3.63, 3.8) is 0 Å². The fraction of sp³-hybridized carbons (Fsp3) is 0.273. The number of carbonyl (C=O) groups excluding carboxylic acids is 1. The zero-order valence-electron chi connectivity index (χ0n) is 17.8. The lowest BCUT2D eigenvalue weighted by Crippen LogP contribution is -2.46. The second-order valence-electron chi connectivity index (χ2n) is 7.74. The minimum absolute atomic E-state index is 0.0562. The van der Waals surface area contributed by atoms with Crippen LogP contribution in [0.15, 0.2) is 58.9 Å². The summed E-state index contributed by atoms with van der Waals surface area (Å²) in [5, 5.41) is 13.0. The van der Waals surface area contributed by atoms with Crippen molar-refractivity contribution in [2.75, 3.05) is 24.4 Å². The van der Waals surface area contributed by atoms with E-state index in [1.807, 2.05) is 0 Å². The number of benzene rings is 2. The molecule has 4 rings (SSSR count). The van der Waals surface area contributed by atoms with E-state index in [-0.39, 0.29) is 46.2 Å². The van der Waals surface area contributed by atoms with Crippen LogP contribution in [0.4, 0.5) is 9.52 Å².